The van der Waals surface area contributed by atoms with E-state index >= 15 is 0 Å². The number of hydrogen-bond acceptors (Lipinski definition) is 10. The van der Waals surface area contributed by atoms with Gasteiger partial charge in [-0.2, -0.15) is 0 Å². The van der Waals surface area contributed by atoms with E-state index in [1.165, 1.54) is 0 Å². The maximum atomic E-state index is 11.6. The Morgan fingerprint density at radius 2 is 1.00 bits per heavy atom. The molecule has 0 bridgehead atoms. The van der Waals surface area contributed by atoms with E-state index in [1.807, 2.05) is 0 Å². The van der Waals surface area contributed by atoms with Crippen molar-refractivity contribution in [3.05, 3.63) is 30.3 Å². The summed E-state index contributed by atoms with van der Waals surface area (Å²) in [6.07, 6.45) is -3.24. The van der Waals surface area contributed by atoms with Gasteiger partial charge in [-0.15, -0.1) is 30.3 Å². The van der Waals surface area contributed by atoms with Crippen molar-refractivity contribution in [3.8, 4) is 0 Å². The zero-order valence-electron chi connectivity index (χ0n) is 7.99. The summed E-state index contributed by atoms with van der Waals surface area (Å²) in [5.74, 6) is 0. The summed E-state index contributed by atoms with van der Waals surface area (Å²) in [7, 11) is -3.87. The molecule has 0 saturated heterocycles. The van der Waals surface area contributed by atoms with Crippen molar-refractivity contribution in [1.82, 2.24) is 0 Å². The first-order valence-corrected chi connectivity index (χ1v) is 5.90. The fraction of sp³-hybridized carbons (Fsp3) is 1.00. The van der Waals surface area contributed by atoms with Crippen LogP contribution in [0.25, 0.3) is 0 Å². The average Bonchev–Trinajstić information content (AvgIpc) is 2.21. The van der Waals surface area contributed by atoms with Crippen LogP contribution < -0.4 is 0 Å². The summed E-state index contributed by atoms with van der Waals surface area (Å²) >= 11 is 0. The zero-order chi connectivity index (χ0) is 13.5. The minimum absolute atomic E-state index is 1.08. The van der Waals surface area contributed by atoms with Crippen molar-refractivity contribution in [1.29, 1.82) is 0 Å². The molecule has 0 aliphatic carbocycles. The highest BCUT2D eigenvalue weighted by Gasteiger charge is 2.28. The highest BCUT2D eigenvalue weighted by atomic mass is 31.2. The van der Waals surface area contributed by atoms with Crippen molar-refractivity contribution in [2.75, 3.05) is 19.0 Å². The Hall–Kier alpha value is -2.17. The van der Waals surface area contributed by atoms with Gasteiger partial charge in [0.15, 0.2) is 26.2 Å². The van der Waals surface area contributed by atoms with E-state index in [0.717, 1.165) is 0 Å². The fourth-order valence-corrected chi connectivity index (χ4v) is 1.71. The topological polar surface area (TPSA) is 174 Å². The van der Waals surface area contributed by atoms with Crippen LogP contribution in [0.4, 0.5) is 0 Å². The molecule has 17 heavy (non-hydrogen) atoms. The standard InChI is InChI=1S/C3H6N3O10P/c7-4(8)14-1-17(13,2-15-5(9)10)3-16-6(11)12/h1-3H2. The smallest absolute Gasteiger partial charge is 0.294 e. The molecule has 0 rings (SSSR count). The van der Waals surface area contributed by atoms with E-state index < -0.39 is 41.4 Å². The SMILES string of the molecule is O=[N+]([O-])OCP(=O)(CO[N+](=O)[O-])CO[N+](=O)[O-]. The van der Waals surface area contributed by atoms with Crippen molar-refractivity contribution in [2.24, 2.45) is 0 Å². The first-order chi connectivity index (χ1) is 7.75. The minimum atomic E-state index is -3.87. The normalized spacial score (nSPS) is 10.4. The van der Waals surface area contributed by atoms with Gasteiger partial charge in [-0.05, 0) is 0 Å². The molecular formula is C3H6N3O10P. The van der Waals surface area contributed by atoms with Crippen LogP contribution in [0.2, 0.25) is 0 Å². The lowest BCUT2D eigenvalue weighted by Crippen LogP contribution is -2.14. The Kier molecular flexibility index (Phi) is 5.60. The minimum Gasteiger partial charge on any atom is -0.318 e. The molecule has 0 saturated carbocycles. The van der Waals surface area contributed by atoms with Gasteiger partial charge >= 0.3 is 0 Å². The van der Waals surface area contributed by atoms with Crippen molar-refractivity contribution < 1.29 is 34.3 Å². The maximum absolute atomic E-state index is 11.6. The molecule has 0 aliphatic heterocycles. The zero-order valence-corrected chi connectivity index (χ0v) is 8.89. The molecule has 0 N–H and O–H groups in total. The molecule has 98 valence electrons. The van der Waals surface area contributed by atoms with Gasteiger partial charge in [-0.1, -0.05) is 0 Å². The quantitative estimate of drug-likeness (QED) is 0.312. The van der Waals surface area contributed by atoms with Gasteiger partial charge in [-0.3, -0.25) is 0 Å². The third-order valence-electron chi connectivity index (χ3n) is 1.20. The van der Waals surface area contributed by atoms with Gasteiger partial charge in [0, 0.05) is 0 Å². The molecule has 0 unspecified atom stereocenters. The van der Waals surface area contributed by atoms with E-state index in [1.54, 1.807) is 0 Å². The Balaban J connectivity index is 4.44. The molecule has 0 aromatic carbocycles. The molecule has 0 aromatic rings. The molecule has 0 amide bonds. The van der Waals surface area contributed by atoms with Gasteiger partial charge < -0.3 is 19.1 Å². The molecule has 0 spiro atoms. The van der Waals surface area contributed by atoms with Crippen LogP contribution >= 0.6 is 7.14 Å². The second-order valence-corrected chi connectivity index (χ2v) is 5.39. The number of rotatable bonds is 9. The third kappa shape index (κ3) is 7.72. The van der Waals surface area contributed by atoms with E-state index in [2.05, 4.69) is 14.5 Å². The van der Waals surface area contributed by atoms with Gasteiger partial charge in [0.05, 0.1) is 0 Å². The summed E-state index contributed by atoms with van der Waals surface area (Å²) < 4.78 is 11.6. The average molecular weight is 275 g/mol. The highest BCUT2D eigenvalue weighted by molar-refractivity contribution is 7.63. The maximum Gasteiger partial charge on any atom is 0.294 e. The lowest BCUT2D eigenvalue weighted by molar-refractivity contribution is -0.759. The van der Waals surface area contributed by atoms with Crippen LogP contribution in [-0.4, -0.2) is 34.3 Å². The molecule has 0 atom stereocenters. The number of hydrogen-bond donors (Lipinski definition) is 0. The lowest BCUT2D eigenvalue weighted by Gasteiger charge is -2.14. The second kappa shape index (κ2) is 6.42. The Morgan fingerprint density at radius 1 is 0.765 bits per heavy atom. The largest absolute Gasteiger partial charge is 0.318 e. The summed E-state index contributed by atoms with van der Waals surface area (Å²) in [5.41, 5.74) is 0. The predicted molar refractivity (Wildman–Crippen MR) is 46.4 cm³/mol. The molecule has 14 heteroatoms. The summed E-state index contributed by atoms with van der Waals surface area (Å²) in [5, 5.41) is 25.6. The molecule has 0 fully saturated rings. The molecule has 0 radical (unpaired) electrons. The molecule has 0 aromatic heterocycles. The molecule has 0 heterocycles. The first kappa shape index (κ1) is 14.8. The van der Waals surface area contributed by atoms with Crippen LogP contribution in [0.1, 0.15) is 0 Å². The van der Waals surface area contributed by atoms with Crippen LogP contribution in [-0.2, 0) is 19.1 Å². The van der Waals surface area contributed by atoms with Crippen LogP contribution in [0, 0.1) is 30.3 Å². The summed E-state index contributed by atoms with van der Waals surface area (Å²) in [6, 6.07) is 0. The van der Waals surface area contributed by atoms with Crippen molar-refractivity contribution >= 4 is 7.14 Å². The molecule has 0 aliphatic rings. The highest BCUT2D eigenvalue weighted by Crippen LogP contribution is 2.45. The van der Waals surface area contributed by atoms with E-state index in [9.17, 15) is 34.9 Å². The molecule has 13 nitrogen and oxygen atoms in total. The Morgan fingerprint density at radius 3 is 1.18 bits per heavy atom. The Labute approximate surface area is 91.9 Å². The van der Waals surface area contributed by atoms with E-state index in [4.69, 9.17) is 0 Å². The Bertz CT molecular complexity index is 302. The third-order valence-corrected chi connectivity index (χ3v) is 2.95. The van der Waals surface area contributed by atoms with Crippen LogP contribution in [0.5, 0.6) is 0 Å². The fourth-order valence-electron chi connectivity index (χ4n) is 0.569. The van der Waals surface area contributed by atoms with Gasteiger partial charge in [0.2, 0.25) is 0 Å². The van der Waals surface area contributed by atoms with Crippen LogP contribution in [0.15, 0.2) is 0 Å². The van der Waals surface area contributed by atoms with Crippen LogP contribution in [0.3, 0.4) is 0 Å². The summed E-state index contributed by atoms with van der Waals surface area (Å²) in [4.78, 5) is 40.7. The van der Waals surface area contributed by atoms with Gasteiger partial charge in [-0.25, -0.2) is 0 Å². The first-order valence-electron chi connectivity index (χ1n) is 3.64. The van der Waals surface area contributed by atoms with E-state index in [0.29, 0.717) is 0 Å². The predicted octanol–water partition coefficient (Wildman–Crippen LogP) is -0.153. The van der Waals surface area contributed by atoms with Crippen molar-refractivity contribution in [3.63, 3.8) is 0 Å². The van der Waals surface area contributed by atoms with Gasteiger partial charge in [0.25, 0.3) is 15.3 Å². The number of nitrogens with zero attached hydrogens (tertiary/aromatic N) is 3. The van der Waals surface area contributed by atoms with Crippen molar-refractivity contribution in [2.45, 2.75) is 0 Å². The van der Waals surface area contributed by atoms with E-state index in [-0.39, 0.29) is 0 Å². The molecular weight excluding hydrogens is 269 g/mol. The second-order valence-electron chi connectivity index (χ2n) is 2.50. The summed E-state index contributed by atoms with van der Waals surface area (Å²) in [6.45, 7) is 0. The monoisotopic (exact) mass is 275 g/mol. The lowest BCUT2D eigenvalue weighted by atomic mass is 11.6. The van der Waals surface area contributed by atoms with Gasteiger partial charge in [0.1, 0.15) is 0 Å².